The van der Waals surface area contributed by atoms with E-state index < -0.39 is 10.9 Å². The molecule has 0 aromatic heterocycles. The van der Waals surface area contributed by atoms with Gasteiger partial charge >= 0.3 is 5.97 Å². The number of rotatable bonds is 5. The zero-order valence-corrected chi connectivity index (χ0v) is 11.0. The van der Waals surface area contributed by atoms with Gasteiger partial charge in [-0.3, -0.25) is 10.1 Å². The average Bonchev–Trinajstić information content (AvgIpc) is 2.43. The second kappa shape index (κ2) is 7.07. The first-order chi connectivity index (χ1) is 9.49. The Balaban J connectivity index is 3.15. The molecule has 0 aliphatic rings. The van der Waals surface area contributed by atoms with E-state index in [4.69, 9.17) is 21.6 Å². The maximum Gasteiger partial charge on any atom is 0.349 e. The molecule has 102 valence electrons. The van der Waals surface area contributed by atoms with Gasteiger partial charge in [0.1, 0.15) is 18.2 Å². The lowest BCUT2D eigenvalue weighted by molar-refractivity contribution is -0.384. The van der Waals surface area contributed by atoms with E-state index in [1.165, 1.54) is 24.3 Å². The standard InChI is InChI=1S/C13H9ClN2O4/c1-2-5-20-13(17)10(8-15)6-9-7-11(16(18)19)3-4-12(9)14/h2-4,6-7H,1,5H2/b10-6+. The predicted octanol–water partition coefficient (Wildman–Crippen LogP) is 2.88. The van der Waals surface area contributed by atoms with Gasteiger partial charge in [0, 0.05) is 22.7 Å². The molecule has 0 atom stereocenters. The Morgan fingerprint density at radius 1 is 1.60 bits per heavy atom. The van der Waals surface area contributed by atoms with Gasteiger partial charge in [-0.15, -0.1) is 0 Å². The molecule has 0 saturated heterocycles. The van der Waals surface area contributed by atoms with Gasteiger partial charge < -0.3 is 4.74 Å². The zero-order valence-electron chi connectivity index (χ0n) is 10.2. The average molecular weight is 293 g/mol. The summed E-state index contributed by atoms with van der Waals surface area (Å²) < 4.78 is 4.71. The lowest BCUT2D eigenvalue weighted by Crippen LogP contribution is -2.06. The van der Waals surface area contributed by atoms with Gasteiger partial charge in [0.15, 0.2) is 0 Å². The number of nitro groups is 1. The Bertz CT molecular complexity index is 632. The van der Waals surface area contributed by atoms with Gasteiger partial charge in [-0.2, -0.15) is 5.26 Å². The Labute approximate surface area is 119 Å². The van der Waals surface area contributed by atoms with Crippen molar-refractivity contribution in [1.29, 1.82) is 5.26 Å². The van der Waals surface area contributed by atoms with Crippen LogP contribution in [-0.2, 0) is 9.53 Å². The van der Waals surface area contributed by atoms with Crippen LogP contribution in [0.1, 0.15) is 5.56 Å². The number of hydrogen-bond donors (Lipinski definition) is 0. The van der Waals surface area contributed by atoms with Crippen molar-refractivity contribution in [2.75, 3.05) is 6.61 Å². The third-order valence-corrected chi connectivity index (χ3v) is 2.51. The third-order valence-electron chi connectivity index (χ3n) is 2.16. The molecule has 0 unspecified atom stereocenters. The number of nitrogens with zero attached hydrogens (tertiary/aromatic N) is 2. The molecule has 0 aliphatic heterocycles. The van der Waals surface area contributed by atoms with Crippen LogP contribution >= 0.6 is 11.6 Å². The van der Waals surface area contributed by atoms with Crippen molar-refractivity contribution in [1.82, 2.24) is 0 Å². The summed E-state index contributed by atoms with van der Waals surface area (Å²) in [4.78, 5) is 21.6. The number of nitriles is 1. The molecule has 0 aliphatic carbocycles. The summed E-state index contributed by atoms with van der Waals surface area (Å²) in [6.45, 7) is 3.33. The molecule has 0 amide bonds. The summed E-state index contributed by atoms with van der Waals surface area (Å²) in [6, 6.07) is 5.37. The summed E-state index contributed by atoms with van der Waals surface area (Å²) in [5.74, 6) is -0.852. The predicted molar refractivity (Wildman–Crippen MR) is 72.9 cm³/mol. The monoisotopic (exact) mass is 292 g/mol. The third kappa shape index (κ3) is 3.93. The Morgan fingerprint density at radius 3 is 2.85 bits per heavy atom. The molecule has 0 radical (unpaired) electrons. The van der Waals surface area contributed by atoms with Gasteiger partial charge in [-0.25, -0.2) is 4.79 Å². The first-order valence-electron chi connectivity index (χ1n) is 5.33. The molecule has 0 N–H and O–H groups in total. The van der Waals surface area contributed by atoms with Crippen LogP contribution in [0.25, 0.3) is 6.08 Å². The number of esters is 1. The highest BCUT2D eigenvalue weighted by Gasteiger charge is 2.13. The van der Waals surface area contributed by atoms with Crippen molar-refractivity contribution in [2.24, 2.45) is 0 Å². The molecule has 20 heavy (non-hydrogen) atoms. The maximum atomic E-state index is 11.5. The number of carbonyl (C=O) groups excluding carboxylic acids is 1. The van der Waals surface area contributed by atoms with Crippen molar-refractivity contribution in [3.05, 3.63) is 57.1 Å². The van der Waals surface area contributed by atoms with E-state index in [0.29, 0.717) is 0 Å². The molecular formula is C13H9ClN2O4. The number of non-ortho nitro benzene ring substituents is 1. The fourth-order valence-electron chi connectivity index (χ4n) is 1.26. The lowest BCUT2D eigenvalue weighted by Gasteiger charge is -2.02. The largest absolute Gasteiger partial charge is 0.457 e. The first-order valence-corrected chi connectivity index (χ1v) is 5.71. The molecule has 0 spiro atoms. The van der Waals surface area contributed by atoms with Gasteiger partial charge in [0.2, 0.25) is 0 Å². The fourth-order valence-corrected chi connectivity index (χ4v) is 1.43. The van der Waals surface area contributed by atoms with Crippen molar-refractivity contribution >= 4 is 29.3 Å². The molecule has 0 fully saturated rings. The van der Waals surface area contributed by atoms with Crippen LogP contribution in [0.3, 0.4) is 0 Å². The Morgan fingerprint density at radius 2 is 2.30 bits per heavy atom. The Kier molecular flexibility index (Phi) is 5.44. The van der Waals surface area contributed by atoms with E-state index >= 15 is 0 Å². The van der Waals surface area contributed by atoms with E-state index in [0.717, 1.165) is 6.08 Å². The van der Waals surface area contributed by atoms with E-state index in [2.05, 4.69) is 6.58 Å². The van der Waals surface area contributed by atoms with Gasteiger partial charge in [0.25, 0.3) is 5.69 Å². The number of carbonyl (C=O) groups is 1. The highest BCUT2D eigenvalue weighted by atomic mass is 35.5. The molecule has 7 heteroatoms. The molecular weight excluding hydrogens is 284 g/mol. The van der Waals surface area contributed by atoms with Gasteiger partial charge in [0.05, 0.1) is 4.92 Å². The van der Waals surface area contributed by atoms with Gasteiger partial charge in [-0.1, -0.05) is 24.3 Å². The minimum absolute atomic E-state index is 0.0411. The molecule has 1 aromatic rings. The van der Waals surface area contributed by atoms with Crippen molar-refractivity contribution in [2.45, 2.75) is 0 Å². The fraction of sp³-hybridized carbons (Fsp3) is 0.0769. The van der Waals surface area contributed by atoms with Crippen LogP contribution in [0.5, 0.6) is 0 Å². The topological polar surface area (TPSA) is 93.2 Å². The van der Waals surface area contributed by atoms with Crippen LogP contribution in [0.4, 0.5) is 5.69 Å². The SMILES string of the molecule is C=CCOC(=O)/C(C#N)=C/c1cc([N+](=O)[O-])ccc1Cl. The van der Waals surface area contributed by atoms with Gasteiger partial charge in [-0.05, 0) is 12.1 Å². The first kappa shape index (κ1) is 15.4. The number of halogens is 1. The summed E-state index contributed by atoms with van der Waals surface area (Å²) in [6.07, 6.45) is 2.49. The second-order valence-electron chi connectivity index (χ2n) is 3.52. The Hall–Kier alpha value is -2.65. The number of ether oxygens (including phenoxy) is 1. The minimum atomic E-state index is -0.852. The van der Waals surface area contributed by atoms with E-state index in [9.17, 15) is 14.9 Å². The molecule has 0 bridgehead atoms. The molecule has 0 heterocycles. The molecule has 0 saturated carbocycles. The van der Waals surface area contributed by atoms with Crippen molar-refractivity contribution < 1.29 is 14.5 Å². The van der Waals surface area contributed by atoms with Crippen LogP contribution < -0.4 is 0 Å². The van der Waals surface area contributed by atoms with Crippen LogP contribution in [0, 0.1) is 21.4 Å². The van der Waals surface area contributed by atoms with Crippen molar-refractivity contribution in [3.8, 4) is 6.07 Å². The minimum Gasteiger partial charge on any atom is -0.457 e. The van der Waals surface area contributed by atoms with E-state index in [1.54, 1.807) is 6.07 Å². The summed E-state index contributed by atoms with van der Waals surface area (Å²) >= 11 is 5.87. The van der Waals surface area contributed by atoms with E-state index in [-0.39, 0.29) is 28.5 Å². The summed E-state index contributed by atoms with van der Waals surface area (Å²) in [5, 5.41) is 19.8. The van der Waals surface area contributed by atoms with E-state index in [1.807, 2.05) is 0 Å². The lowest BCUT2D eigenvalue weighted by atomic mass is 10.1. The number of hydrogen-bond acceptors (Lipinski definition) is 5. The number of nitro benzene ring substituents is 1. The number of benzene rings is 1. The van der Waals surface area contributed by atoms with Crippen molar-refractivity contribution in [3.63, 3.8) is 0 Å². The normalized spacial score (nSPS) is 10.5. The summed E-state index contributed by atoms with van der Waals surface area (Å²) in [5.41, 5.74) is -0.320. The van der Waals surface area contributed by atoms with Crippen LogP contribution in [0.15, 0.2) is 36.4 Å². The van der Waals surface area contributed by atoms with Crippen LogP contribution in [0.2, 0.25) is 5.02 Å². The second-order valence-corrected chi connectivity index (χ2v) is 3.93. The zero-order chi connectivity index (χ0) is 15.1. The maximum absolute atomic E-state index is 11.5. The highest BCUT2D eigenvalue weighted by Crippen LogP contribution is 2.24. The highest BCUT2D eigenvalue weighted by molar-refractivity contribution is 6.32. The molecule has 6 nitrogen and oxygen atoms in total. The quantitative estimate of drug-likeness (QED) is 0.208. The molecule has 1 rings (SSSR count). The molecule has 1 aromatic carbocycles. The smallest absolute Gasteiger partial charge is 0.349 e. The summed E-state index contributed by atoms with van der Waals surface area (Å²) in [7, 11) is 0. The van der Waals surface area contributed by atoms with Crippen LogP contribution in [-0.4, -0.2) is 17.5 Å².